The van der Waals surface area contributed by atoms with Gasteiger partial charge >= 0.3 is 5.97 Å². The Morgan fingerprint density at radius 3 is 2.69 bits per heavy atom. The van der Waals surface area contributed by atoms with Gasteiger partial charge in [-0.1, -0.05) is 11.6 Å². The highest BCUT2D eigenvalue weighted by Crippen LogP contribution is 2.40. The van der Waals surface area contributed by atoms with Crippen molar-refractivity contribution >= 4 is 51.9 Å². The minimum absolute atomic E-state index is 0.00516. The fourth-order valence-corrected chi connectivity index (χ4v) is 5.60. The first kappa shape index (κ1) is 22.5. The number of carboxylic acid groups (broad SMARTS) is 1. The van der Waals surface area contributed by atoms with E-state index in [0.717, 1.165) is 48.5 Å². The van der Waals surface area contributed by atoms with E-state index in [0.29, 0.717) is 0 Å². The number of carbonyl (C=O) groups is 3. The lowest BCUT2D eigenvalue weighted by Crippen LogP contribution is -2.71. The highest BCUT2D eigenvalue weighted by atomic mass is 32.2. The van der Waals surface area contributed by atoms with Crippen molar-refractivity contribution < 1.29 is 29.4 Å². The summed E-state index contributed by atoms with van der Waals surface area (Å²) >= 11 is 2.16. The number of hydrogen-bond acceptors (Lipinski definition) is 11. The number of oxime groups is 1. The summed E-state index contributed by atoms with van der Waals surface area (Å²) in [5, 5.41) is 25.0. The number of hydrogen-bond donors (Lipinski definition) is 4. The number of nitrogens with one attached hydrogen (secondary N) is 1. The third-order valence-electron chi connectivity index (χ3n) is 5.44. The number of carbonyl (C=O) groups excluding carboxylic acids is 2. The molecule has 2 amide bonds. The summed E-state index contributed by atoms with van der Waals surface area (Å²) in [5.41, 5.74) is 5.46. The number of aliphatic carboxylic acids is 1. The van der Waals surface area contributed by atoms with Crippen LogP contribution in [-0.4, -0.2) is 77.8 Å². The lowest BCUT2D eigenvalue weighted by molar-refractivity contribution is -0.150. The number of nitrogens with two attached hydrogens (primary N) is 1. The van der Waals surface area contributed by atoms with E-state index < -0.39 is 35.8 Å². The molecule has 0 unspecified atom stereocenters. The zero-order valence-electron chi connectivity index (χ0n) is 16.9. The molecule has 0 aromatic carbocycles. The smallest absolute Gasteiger partial charge is 0.352 e. The van der Waals surface area contributed by atoms with Gasteiger partial charge in [-0.15, -0.1) is 11.8 Å². The van der Waals surface area contributed by atoms with Gasteiger partial charge in [0, 0.05) is 17.3 Å². The van der Waals surface area contributed by atoms with Crippen LogP contribution in [0.4, 0.5) is 5.13 Å². The monoisotopic (exact) mass is 482 g/mol. The van der Waals surface area contributed by atoms with Crippen LogP contribution < -0.4 is 11.1 Å². The highest BCUT2D eigenvalue weighted by Gasteiger charge is 2.54. The Bertz CT molecular complexity index is 988. The van der Waals surface area contributed by atoms with Gasteiger partial charge in [0.1, 0.15) is 23.2 Å². The Balaban J connectivity index is 1.51. The molecule has 1 aliphatic carbocycles. The van der Waals surface area contributed by atoms with Gasteiger partial charge in [0.15, 0.2) is 5.13 Å². The fourth-order valence-electron chi connectivity index (χ4n) is 3.83. The molecule has 1 aromatic rings. The second-order valence-electron chi connectivity index (χ2n) is 7.54. The Hall–Kier alpha value is -2.71. The fraction of sp³-hybridized carbons (Fsp3) is 0.556. The maximum absolute atomic E-state index is 13.0. The van der Waals surface area contributed by atoms with Crippen LogP contribution in [0.1, 0.15) is 37.9 Å². The topological polar surface area (TPSA) is 180 Å². The molecule has 32 heavy (non-hydrogen) atoms. The second kappa shape index (κ2) is 9.42. The van der Waals surface area contributed by atoms with Gasteiger partial charge in [0.05, 0.1) is 6.61 Å². The van der Waals surface area contributed by atoms with E-state index >= 15 is 0 Å². The molecule has 3 aliphatic rings. The number of β-lactam (4-membered cyclic amide) rings is 1. The number of thioether (sulfide) groups is 1. The number of nitrogen functional groups attached to an aromatic ring is 1. The number of amides is 2. The number of rotatable bonds is 7. The van der Waals surface area contributed by atoms with Gasteiger partial charge in [-0.2, -0.15) is 9.36 Å². The molecule has 0 spiro atoms. The number of aliphatic hydroxyl groups is 1. The maximum atomic E-state index is 13.0. The zero-order valence-corrected chi connectivity index (χ0v) is 18.5. The zero-order chi connectivity index (χ0) is 22.8. The summed E-state index contributed by atoms with van der Waals surface area (Å²) in [6.45, 7) is -0.464. The molecule has 0 bridgehead atoms. The Morgan fingerprint density at radius 1 is 1.31 bits per heavy atom. The van der Waals surface area contributed by atoms with Crippen molar-refractivity contribution in [3.63, 3.8) is 0 Å². The average molecular weight is 483 g/mol. The molecule has 1 aromatic heterocycles. The predicted molar refractivity (Wildman–Crippen MR) is 116 cm³/mol. The lowest BCUT2D eigenvalue weighted by atomic mass is 9.98. The number of fused-ring (bicyclic) bond motifs is 1. The Labute approximate surface area is 191 Å². The molecule has 0 radical (unpaired) electrons. The van der Waals surface area contributed by atoms with Gasteiger partial charge in [-0.05, 0) is 31.3 Å². The van der Waals surface area contributed by atoms with E-state index in [1.54, 1.807) is 0 Å². The van der Waals surface area contributed by atoms with Crippen molar-refractivity contribution in [3.05, 3.63) is 17.1 Å². The molecule has 1 saturated heterocycles. The van der Waals surface area contributed by atoms with Crippen molar-refractivity contribution in [2.75, 3.05) is 18.1 Å². The van der Waals surface area contributed by atoms with Gasteiger partial charge in [-0.25, -0.2) is 4.79 Å². The highest BCUT2D eigenvalue weighted by molar-refractivity contribution is 8.00. The number of aromatic nitrogens is 2. The Kier molecular flexibility index (Phi) is 6.62. The van der Waals surface area contributed by atoms with Crippen LogP contribution in [-0.2, 0) is 19.2 Å². The average Bonchev–Trinajstić information content (AvgIpc) is 3.22. The summed E-state index contributed by atoms with van der Waals surface area (Å²) in [7, 11) is 0. The number of carboxylic acids is 1. The quantitative estimate of drug-likeness (QED) is 0.233. The summed E-state index contributed by atoms with van der Waals surface area (Å²) in [5.74, 6) is -2.38. The summed E-state index contributed by atoms with van der Waals surface area (Å²) in [4.78, 5) is 47.9. The number of aliphatic hydroxyl groups excluding tert-OH is 1. The third kappa shape index (κ3) is 4.29. The van der Waals surface area contributed by atoms with Crippen molar-refractivity contribution in [1.82, 2.24) is 19.6 Å². The molecule has 2 atom stereocenters. The molecule has 2 fully saturated rings. The van der Waals surface area contributed by atoms with Crippen LogP contribution in [0.5, 0.6) is 0 Å². The van der Waals surface area contributed by atoms with Crippen LogP contribution in [0.15, 0.2) is 16.4 Å². The van der Waals surface area contributed by atoms with E-state index in [-0.39, 0.29) is 39.8 Å². The molecule has 14 heteroatoms. The minimum atomic E-state index is -1.30. The van der Waals surface area contributed by atoms with E-state index in [4.69, 9.17) is 10.6 Å². The maximum Gasteiger partial charge on any atom is 0.352 e. The molecule has 2 aliphatic heterocycles. The first-order valence-electron chi connectivity index (χ1n) is 10.1. The minimum Gasteiger partial charge on any atom is -0.477 e. The van der Waals surface area contributed by atoms with Crippen LogP contribution in [0, 0.1) is 0 Å². The van der Waals surface area contributed by atoms with Crippen molar-refractivity contribution in [3.8, 4) is 0 Å². The van der Waals surface area contributed by atoms with Crippen LogP contribution in [0.2, 0.25) is 0 Å². The molecule has 1 saturated carbocycles. The molecular formula is C18H22N6O6S2. The summed E-state index contributed by atoms with van der Waals surface area (Å²) in [6, 6.07) is -0.960. The molecule has 5 N–H and O–H groups in total. The van der Waals surface area contributed by atoms with E-state index in [1.165, 1.54) is 11.8 Å². The van der Waals surface area contributed by atoms with Gasteiger partial charge in [0.25, 0.3) is 11.8 Å². The molecule has 12 nitrogen and oxygen atoms in total. The third-order valence-corrected chi connectivity index (χ3v) is 7.32. The van der Waals surface area contributed by atoms with E-state index in [9.17, 15) is 24.6 Å². The molecule has 3 heterocycles. The van der Waals surface area contributed by atoms with Crippen LogP contribution in [0.3, 0.4) is 0 Å². The SMILES string of the molecule is Nc1nc(/C(=N/OC2CCCCC2)C(=O)N[C@@H]2C(=O)N3C(C(=O)O)=C(CO)CS[C@H]23)ns1. The first-order chi connectivity index (χ1) is 15.4. The van der Waals surface area contributed by atoms with E-state index in [1.807, 2.05) is 0 Å². The van der Waals surface area contributed by atoms with Gasteiger partial charge < -0.3 is 26.1 Å². The summed E-state index contributed by atoms with van der Waals surface area (Å²) in [6.07, 6.45) is 4.71. The predicted octanol–water partition coefficient (Wildman–Crippen LogP) is -0.0954. The van der Waals surface area contributed by atoms with Crippen molar-refractivity contribution in [1.29, 1.82) is 0 Å². The number of nitrogens with zero attached hydrogens (tertiary/aromatic N) is 4. The summed E-state index contributed by atoms with van der Waals surface area (Å²) < 4.78 is 4.03. The van der Waals surface area contributed by atoms with Crippen molar-refractivity contribution in [2.24, 2.45) is 5.16 Å². The van der Waals surface area contributed by atoms with E-state index in [2.05, 4.69) is 19.8 Å². The second-order valence-corrected chi connectivity index (χ2v) is 9.43. The lowest BCUT2D eigenvalue weighted by Gasteiger charge is -2.49. The Morgan fingerprint density at radius 2 is 2.06 bits per heavy atom. The first-order valence-corrected chi connectivity index (χ1v) is 11.9. The number of anilines is 1. The van der Waals surface area contributed by atoms with Crippen LogP contribution in [0.25, 0.3) is 0 Å². The standard InChI is InChI=1S/C18H22N6O6S2/c19-18-21-13(23-32-18)10(22-30-9-4-2-1-3-5-9)14(26)20-11-15(27)24-12(17(28)29)8(6-25)7-31-16(11)24/h9,11,16,25H,1-7H2,(H,20,26)(H,28,29)(H2,19,21,23)/b22-10-/t11-,16-/m1/s1. The van der Waals surface area contributed by atoms with Crippen molar-refractivity contribution in [2.45, 2.75) is 49.6 Å². The molecule has 4 rings (SSSR count). The van der Waals surface area contributed by atoms with Gasteiger partial charge in [-0.3, -0.25) is 14.5 Å². The molecular weight excluding hydrogens is 460 g/mol. The largest absolute Gasteiger partial charge is 0.477 e. The van der Waals surface area contributed by atoms with Gasteiger partial charge in [0.2, 0.25) is 11.5 Å². The van der Waals surface area contributed by atoms with Crippen LogP contribution >= 0.6 is 23.3 Å². The molecule has 172 valence electrons. The normalized spacial score (nSPS) is 24.1.